The van der Waals surface area contributed by atoms with Gasteiger partial charge in [0.05, 0.1) is 10.5 Å². The third-order valence-electron chi connectivity index (χ3n) is 2.41. The van der Waals surface area contributed by atoms with Crippen LogP contribution in [-0.4, -0.2) is 13.4 Å². The van der Waals surface area contributed by atoms with E-state index in [9.17, 15) is 8.42 Å². The Kier molecular flexibility index (Phi) is 3.25. The van der Waals surface area contributed by atoms with Crippen LogP contribution in [0.3, 0.4) is 0 Å². The van der Waals surface area contributed by atoms with E-state index in [1.54, 1.807) is 0 Å². The Labute approximate surface area is 112 Å². The molecule has 98 valence electrons. The summed E-state index contributed by atoms with van der Waals surface area (Å²) in [6, 6.07) is 7.67. The van der Waals surface area contributed by atoms with Crippen LogP contribution in [0.25, 0.3) is 10.6 Å². The lowest BCUT2D eigenvalue weighted by molar-refractivity contribution is 0.598. The first-order valence-electron chi connectivity index (χ1n) is 4.95. The number of benzene rings is 1. The highest BCUT2D eigenvalue weighted by Gasteiger charge is 2.26. The molecule has 19 heavy (non-hydrogen) atoms. The average molecular weight is 296 g/mol. The SMILES string of the molecule is N#Cc1c(N)nc(-c2ccc(S(N)(=O)=O)cc2)[s+]1N. The molecule has 0 aliphatic heterocycles. The fraction of sp³-hybridized carbons (Fsp3) is 0. The maximum Gasteiger partial charge on any atom is 0.315 e. The summed E-state index contributed by atoms with van der Waals surface area (Å²) >= 11 is 0. The number of rotatable bonds is 2. The molecule has 0 aliphatic carbocycles. The number of nitrogens with zero attached hydrogens (tertiary/aromatic N) is 2. The van der Waals surface area contributed by atoms with Crippen molar-refractivity contribution < 1.29 is 8.42 Å². The van der Waals surface area contributed by atoms with E-state index in [0.717, 1.165) is 0 Å². The summed E-state index contributed by atoms with van der Waals surface area (Å²) in [4.78, 5) is 4.26. The van der Waals surface area contributed by atoms with Gasteiger partial charge < -0.3 is 5.73 Å². The number of nitrogens with two attached hydrogens (primary N) is 3. The minimum Gasteiger partial charge on any atom is -0.378 e. The highest BCUT2D eigenvalue weighted by Crippen LogP contribution is 2.34. The number of hydrogen-bond donors (Lipinski definition) is 3. The zero-order valence-corrected chi connectivity index (χ0v) is 11.2. The van der Waals surface area contributed by atoms with E-state index in [1.165, 1.54) is 24.3 Å². The quantitative estimate of drug-likeness (QED) is 0.679. The van der Waals surface area contributed by atoms with Gasteiger partial charge in [0.15, 0.2) is 6.07 Å². The molecule has 0 saturated carbocycles. The molecule has 6 N–H and O–H groups in total. The topological polar surface area (TPSA) is 149 Å². The summed E-state index contributed by atoms with van der Waals surface area (Å²) in [6.07, 6.45) is 0. The monoisotopic (exact) mass is 296 g/mol. The molecule has 9 heteroatoms. The first-order chi connectivity index (χ1) is 8.84. The number of nitriles is 1. The number of nitrogen functional groups attached to an aromatic ring is 2. The first kappa shape index (κ1) is 13.4. The van der Waals surface area contributed by atoms with Crippen LogP contribution in [0.2, 0.25) is 0 Å². The van der Waals surface area contributed by atoms with Crippen LogP contribution < -0.4 is 16.0 Å². The molecule has 0 spiro atoms. The molecule has 0 amide bonds. The van der Waals surface area contributed by atoms with Gasteiger partial charge in [-0.25, -0.2) is 13.6 Å². The van der Waals surface area contributed by atoms with Gasteiger partial charge in [0.25, 0.3) is 5.01 Å². The van der Waals surface area contributed by atoms with Crippen molar-refractivity contribution in [2.75, 3.05) is 10.9 Å². The van der Waals surface area contributed by atoms with Crippen molar-refractivity contribution in [1.82, 2.24) is 4.98 Å². The molecule has 1 heterocycles. The Morgan fingerprint density at radius 3 is 2.26 bits per heavy atom. The van der Waals surface area contributed by atoms with Gasteiger partial charge in [-0.05, 0) is 24.3 Å². The van der Waals surface area contributed by atoms with E-state index in [2.05, 4.69) is 4.98 Å². The van der Waals surface area contributed by atoms with Crippen molar-refractivity contribution in [2.24, 2.45) is 5.14 Å². The Hall–Kier alpha value is -1.99. The van der Waals surface area contributed by atoms with E-state index in [-0.39, 0.29) is 15.6 Å². The normalized spacial score (nSPS) is 12.2. The largest absolute Gasteiger partial charge is 0.378 e. The molecule has 7 nitrogen and oxygen atoms in total. The van der Waals surface area contributed by atoms with Gasteiger partial charge in [-0.15, -0.1) is 5.14 Å². The molecule has 0 saturated heterocycles. The molecule has 0 fully saturated rings. The van der Waals surface area contributed by atoms with Crippen molar-refractivity contribution in [2.45, 2.75) is 4.90 Å². The van der Waals surface area contributed by atoms with Gasteiger partial charge >= 0.3 is 4.88 Å². The minimum atomic E-state index is -3.74. The number of primary sulfonamides is 1. The van der Waals surface area contributed by atoms with Gasteiger partial charge in [0.2, 0.25) is 15.8 Å². The third kappa shape index (κ3) is 2.42. The second kappa shape index (κ2) is 4.60. The van der Waals surface area contributed by atoms with Crippen LogP contribution in [-0.2, 0) is 10.0 Å². The molecule has 1 atom stereocenters. The number of hydrogen-bond acceptors (Lipinski definition) is 6. The van der Waals surface area contributed by atoms with E-state index < -0.39 is 20.7 Å². The maximum absolute atomic E-state index is 11.1. The second-order valence-electron chi connectivity index (χ2n) is 3.65. The van der Waals surface area contributed by atoms with Crippen molar-refractivity contribution in [3.63, 3.8) is 0 Å². The van der Waals surface area contributed by atoms with Crippen molar-refractivity contribution in [3.8, 4) is 16.6 Å². The number of thiazole rings is 1. The standard InChI is InChI=1S/C10H10N5O2S2/c11-5-8-9(12)15-10(18(8)13)6-1-3-7(4-2-6)19(14,16)17/h1-4H,12-13H2,(H2,14,16,17)/q+1. The van der Waals surface area contributed by atoms with Gasteiger partial charge in [-0.3, -0.25) is 0 Å². The first-order valence-corrected chi connectivity index (χ1v) is 7.78. The average Bonchev–Trinajstić information content (AvgIpc) is 2.63. The fourth-order valence-corrected chi connectivity index (χ4v) is 3.17. The van der Waals surface area contributed by atoms with Crippen LogP contribution >= 0.6 is 10.7 Å². The van der Waals surface area contributed by atoms with Crippen LogP contribution in [0.15, 0.2) is 29.2 Å². The third-order valence-corrected chi connectivity index (χ3v) is 4.83. The summed E-state index contributed by atoms with van der Waals surface area (Å²) < 4.78 is 22.3. The van der Waals surface area contributed by atoms with E-state index in [4.69, 9.17) is 21.3 Å². The molecular formula is C10H10N5O2S2+. The van der Waals surface area contributed by atoms with Gasteiger partial charge in [0.1, 0.15) is 10.7 Å². The summed E-state index contributed by atoms with van der Waals surface area (Å²) in [6.45, 7) is 0. The highest BCUT2D eigenvalue weighted by molar-refractivity contribution is 7.89. The summed E-state index contributed by atoms with van der Waals surface area (Å²) in [5, 5.41) is 20.2. The lowest BCUT2D eigenvalue weighted by Crippen LogP contribution is -2.11. The lowest BCUT2D eigenvalue weighted by Gasteiger charge is -1.97. The van der Waals surface area contributed by atoms with E-state index >= 15 is 0 Å². The smallest absolute Gasteiger partial charge is 0.315 e. The lowest BCUT2D eigenvalue weighted by atomic mass is 10.2. The van der Waals surface area contributed by atoms with E-state index in [0.29, 0.717) is 10.6 Å². The number of aromatic nitrogens is 1. The molecule has 1 unspecified atom stereocenters. The number of anilines is 1. The molecule has 1 aromatic heterocycles. The summed E-state index contributed by atoms with van der Waals surface area (Å²) in [5.74, 6) is 0.0962. The van der Waals surface area contributed by atoms with Crippen LogP contribution in [0.4, 0.5) is 5.82 Å². The van der Waals surface area contributed by atoms with Crippen LogP contribution in [0.1, 0.15) is 4.88 Å². The summed E-state index contributed by atoms with van der Waals surface area (Å²) in [7, 11) is -4.73. The maximum atomic E-state index is 11.1. The Bertz CT molecular complexity index is 771. The molecule has 2 rings (SSSR count). The fourth-order valence-electron chi connectivity index (χ4n) is 1.50. The molecule has 0 bridgehead atoms. The number of sulfonamides is 1. The molecule has 0 aliphatic rings. The molecule has 1 aromatic carbocycles. The summed E-state index contributed by atoms with van der Waals surface area (Å²) in [5.41, 5.74) is 6.19. The van der Waals surface area contributed by atoms with Crippen molar-refractivity contribution >= 4 is 26.5 Å². The Balaban J connectivity index is 2.53. The van der Waals surface area contributed by atoms with Gasteiger partial charge in [0, 0.05) is 0 Å². The van der Waals surface area contributed by atoms with Crippen molar-refractivity contribution in [3.05, 3.63) is 29.1 Å². The predicted octanol–water partition coefficient (Wildman–Crippen LogP) is 0.313. The molecular weight excluding hydrogens is 286 g/mol. The van der Waals surface area contributed by atoms with Crippen LogP contribution in [0, 0.1) is 11.3 Å². The molecule has 2 aromatic rings. The minimum absolute atomic E-state index is 0.00631. The van der Waals surface area contributed by atoms with Gasteiger partial charge in [-0.1, -0.05) is 0 Å². The Morgan fingerprint density at radius 2 is 1.84 bits per heavy atom. The van der Waals surface area contributed by atoms with E-state index in [1.807, 2.05) is 6.07 Å². The molecule has 0 radical (unpaired) electrons. The zero-order chi connectivity index (χ0) is 14.2. The van der Waals surface area contributed by atoms with Gasteiger partial charge in [-0.2, -0.15) is 10.2 Å². The Morgan fingerprint density at radius 1 is 1.26 bits per heavy atom. The zero-order valence-electron chi connectivity index (χ0n) is 9.57. The second-order valence-corrected chi connectivity index (χ2v) is 6.68. The van der Waals surface area contributed by atoms with Crippen molar-refractivity contribution in [1.29, 1.82) is 5.26 Å². The van der Waals surface area contributed by atoms with Crippen LogP contribution in [0.5, 0.6) is 0 Å². The predicted molar refractivity (Wildman–Crippen MR) is 72.8 cm³/mol. The highest BCUT2D eigenvalue weighted by atomic mass is 32.2.